The lowest BCUT2D eigenvalue weighted by molar-refractivity contribution is -0.121. The number of rotatable bonds is 4. The minimum Gasteiger partial charge on any atom is -0.349 e. The number of carbonyl (C=O) groups is 2. The summed E-state index contributed by atoms with van der Waals surface area (Å²) in [5, 5.41) is 5.74. The van der Waals surface area contributed by atoms with E-state index in [0.717, 1.165) is 30.8 Å². The molecule has 0 saturated carbocycles. The van der Waals surface area contributed by atoms with Crippen LogP contribution < -0.4 is 10.2 Å². The summed E-state index contributed by atoms with van der Waals surface area (Å²) in [6, 6.07) is 8.32. The monoisotopic (exact) mass is 373 g/mol. The summed E-state index contributed by atoms with van der Waals surface area (Å²) in [6.45, 7) is 0.731. The molecule has 1 N–H and O–H groups in total. The quantitative estimate of drug-likeness (QED) is 0.894. The van der Waals surface area contributed by atoms with E-state index in [4.69, 9.17) is 0 Å². The van der Waals surface area contributed by atoms with Crippen molar-refractivity contribution in [1.29, 1.82) is 0 Å². The Morgan fingerprint density at radius 1 is 1.36 bits per heavy atom. The Labute approximate surface area is 154 Å². The third-order valence-electron chi connectivity index (χ3n) is 4.48. The first-order valence-corrected chi connectivity index (χ1v) is 10.3. The number of nitrogens with zero attached hydrogens (tertiary/aromatic N) is 2. The van der Waals surface area contributed by atoms with Gasteiger partial charge in [0, 0.05) is 29.0 Å². The van der Waals surface area contributed by atoms with Gasteiger partial charge >= 0.3 is 0 Å². The number of aromatic nitrogens is 1. The Morgan fingerprint density at radius 3 is 3.08 bits per heavy atom. The Morgan fingerprint density at radius 2 is 2.24 bits per heavy atom. The molecule has 1 aromatic carbocycles. The molecular formula is C18H19N3O2S2. The number of anilines is 1. The van der Waals surface area contributed by atoms with Gasteiger partial charge in [0.15, 0.2) is 5.13 Å². The van der Waals surface area contributed by atoms with Crippen molar-refractivity contribution in [2.75, 3.05) is 17.2 Å². The van der Waals surface area contributed by atoms with E-state index in [-0.39, 0.29) is 24.3 Å². The Hall–Kier alpha value is -1.86. The molecule has 130 valence electrons. The van der Waals surface area contributed by atoms with Crippen molar-refractivity contribution in [3.8, 4) is 0 Å². The summed E-state index contributed by atoms with van der Waals surface area (Å²) in [5.41, 5.74) is 1.93. The van der Waals surface area contributed by atoms with Crippen LogP contribution in [0.1, 0.15) is 36.6 Å². The van der Waals surface area contributed by atoms with Crippen molar-refractivity contribution in [1.82, 2.24) is 10.3 Å². The van der Waals surface area contributed by atoms with Crippen molar-refractivity contribution >= 4 is 40.0 Å². The standard InChI is InChI=1S/C18H19N3O2S2/c22-16(20-14-7-9-24-15-5-2-1-4-13(14)15)10-12-11-25-18(19-12)21-8-3-6-17(21)23/h1-2,4-5,11,14H,3,6-10H2,(H,20,22). The maximum absolute atomic E-state index is 12.5. The molecule has 2 aromatic rings. The van der Waals surface area contributed by atoms with E-state index in [0.29, 0.717) is 11.6 Å². The maximum Gasteiger partial charge on any atom is 0.228 e. The normalized spacial score (nSPS) is 19.8. The van der Waals surface area contributed by atoms with Crippen LogP contribution in [0.4, 0.5) is 5.13 Å². The molecule has 0 spiro atoms. The third kappa shape index (κ3) is 3.57. The fraction of sp³-hybridized carbons (Fsp3) is 0.389. The van der Waals surface area contributed by atoms with Crippen LogP contribution in [-0.2, 0) is 16.0 Å². The van der Waals surface area contributed by atoms with Crippen LogP contribution in [0, 0.1) is 0 Å². The van der Waals surface area contributed by atoms with Gasteiger partial charge in [0.25, 0.3) is 0 Å². The Kier molecular flexibility index (Phi) is 4.76. The highest BCUT2D eigenvalue weighted by Gasteiger charge is 2.25. The molecule has 2 aliphatic rings. The average molecular weight is 374 g/mol. The van der Waals surface area contributed by atoms with E-state index in [1.807, 2.05) is 29.3 Å². The topological polar surface area (TPSA) is 62.3 Å². The lowest BCUT2D eigenvalue weighted by Crippen LogP contribution is -2.31. The van der Waals surface area contributed by atoms with Crippen LogP contribution in [0.5, 0.6) is 0 Å². The van der Waals surface area contributed by atoms with Crippen LogP contribution in [0.2, 0.25) is 0 Å². The van der Waals surface area contributed by atoms with Gasteiger partial charge in [0.1, 0.15) is 0 Å². The van der Waals surface area contributed by atoms with Crippen LogP contribution >= 0.6 is 23.1 Å². The summed E-state index contributed by atoms with van der Waals surface area (Å²) in [4.78, 5) is 31.7. The molecule has 7 heteroatoms. The molecule has 2 amide bonds. The smallest absolute Gasteiger partial charge is 0.228 e. The van der Waals surface area contributed by atoms with Crippen molar-refractivity contribution in [3.63, 3.8) is 0 Å². The highest BCUT2D eigenvalue weighted by molar-refractivity contribution is 7.99. The second-order valence-corrected chi connectivity index (χ2v) is 8.22. The molecule has 1 unspecified atom stereocenters. The Balaban J connectivity index is 1.40. The summed E-state index contributed by atoms with van der Waals surface area (Å²) >= 11 is 3.28. The summed E-state index contributed by atoms with van der Waals surface area (Å²) < 4.78 is 0. The fourth-order valence-corrected chi connectivity index (χ4v) is 5.25. The van der Waals surface area contributed by atoms with Gasteiger partial charge in [0.05, 0.1) is 18.2 Å². The molecule has 0 aliphatic carbocycles. The van der Waals surface area contributed by atoms with Crippen molar-refractivity contribution in [2.45, 2.75) is 36.6 Å². The van der Waals surface area contributed by atoms with Crippen LogP contribution in [0.25, 0.3) is 0 Å². The second-order valence-electron chi connectivity index (χ2n) is 6.24. The molecule has 5 nitrogen and oxygen atoms in total. The lowest BCUT2D eigenvalue weighted by atomic mass is 10.0. The van der Waals surface area contributed by atoms with Crippen LogP contribution in [0.15, 0.2) is 34.5 Å². The van der Waals surface area contributed by atoms with Crippen LogP contribution in [0.3, 0.4) is 0 Å². The largest absolute Gasteiger partial charge is 0.349 e. The van der Waals surface area contributed by atoms with Gasteiger partial charge in [-0.2, -0.15) is 0 Å². The van der Waals surface area contributed by atoms with Gasteiger partial charge < -0.3 is 5.32 Å². The van der Waals surface area contributed by atoms with Gasteiger partial charge in [-0.1, -0.05) is 18.2 Å². The summed E-state index contributed by atoms with van der Waals surface area (Å²) in [6.07, 6.45) is 2.67. The maximum atomic E-state index is 12.5. The van der Waals surface area contributed by atoms with Crippen molar-refractivity contribution in [3.05, 3.63) is 40.9 Å². The summed E-state index contributed by atoms with van der Waals surface area (Å²) in [5.74, 6) is 1.12. The molecule has 0 radical (unpaired) electrons. The molecule has 4 rings (SSSR count). The molecule has 3 heterocycles. The number of hydrogen-bond acceptors (Lipinski definition) is 5. The number of benzene rings is 1. The first-order valence-electron chi connectivity index (χ1n) is 8.46. The second kappa shape index (κ2) is 7.17. The van der Waals surface area contributed by atoms with Gasteiger partial charge in [-0.25, -0.2) is 4.98 Å². The van der Waals surface area contributed by atoms with E-state index >= 15 is 0 Å². The zero-order chi connectivity index (χ0) is 17.2. The molecule has 0 bridgehead atoms. The number of fused-ring (bicyclic) bond motifs is 1. The summed E-state index contributed by atoms with van der Waals surface area (Å²) in [7, 11) is 0. The van der Waals surface area contributed by atoms with Gasteiger partial charge in [-0.3, -0.25) is 14.5 Å². The average Bonchev–Trinajstić information content (AvgIpc) is 3.24. The molecule has 1 fully saturated rings. The number of amides is 2. The fourth-order valence-electron chi connectivity index (χ4n) is 3.25. The molecule has 25 heavy (non-hydrogen) atoms. The minimum absolute atomic E-state index is 0.0173. The zero-order valence-corrected chi connectivity index (χ0v) is 15.4. The highest BCUT2D eigenvalue weighted by atomic mass is 32.2. The molecule has 2 aliphatic heterocycles. The van der Waals surface area contributed by atoms with E-state index in [2.05, 4.69) is 22.4 Å². The van der Waals surface area contributed by atoms with Gasteiger partial charge in [-0.15, -0.1) is 23.1 Å². The van der Waals surface area contributed by atoms with Gasteiger partial charge in [0.2, 0.25) is 11.8 Å². The van der Waals surface area contributed by atoms with E-state index in [1.54, 1.807) is 4.90 Å². The number of hydrogen-bond donors (Lipinski definition) is 1. The molecule has 1 atom stereocenters. The lowest BCUT2D eigenvalue weighted by Gasteiger charge is -2.25. The third-order valence-corrected chi connectivity index (χ3v) is 6.51. The first kappa shape index (κ1) is 16.6. The number of carbonyl (C=O) groups excluding carboxylic acids is 2. The highest BCUT2D eigenvalue weighted by Crippen LogP contribution is 2.35. The first-order chi connectivity index (χ1) is 12.2. The number of thiazole rings is 1. The number of thioether (sulfide) groups is 1. The van der Waals surface area contributed by atoms with E-state index in [9.17, 15) is 9.59 Å². The molecule has 1 aromatic heterocycles. The van der Waals surface area contributed by atoms with Crippen LogP contribution in [-0.4, -0.2) is 29.1 Å². The van der Waals surface area contributed by atoms with Crippen molar-refractivity contribution < 1.29 is 9.59 Å². The minimum atomic E-state index is -0.0173. The predicted octanol–water partition coefficient (Wildman–Crippen LogP) is 3.17. The van der Waals surface area contributed by atoms with Crippen molar-refractivity contribution in [2.24, 2.45) is 0 Å². The van der Waals surface area contributed by atoms with E-state index in [1.165, 1.54) is 21.8 Å². The predicted molar refractivity (Wildman–Crippen MR) is 100 cm³/mol. The van der Waals surface area contributed by atoms with E-state index < -0.39 is 0 Å². The Bertz CT molecular complexity index is 805. The molecular weight excluding hydrogens is 354 g/mol. The molecule has 1 saturated heterocycles. The SMILES string of the molecule is O=C(Cc1csc(N2CCCC2=O)n1)NC1CCSc2ccccc21. The zero-order valence-electron chi connectivity index (χ0n) is 13.7. The number of nitrogens with one attached hydrogen (secondary N) is 1. The van der Waals surface area contributed by atoms with Gasteiger partial charge in [-0.05, 0) is 24.5 Å².